The summed E-state index contributed by atoms with van der Waals surface area (Å²) < 4.78 is 0. The van der Waals surface area contributed by atoms with Crippen LogP contribution in [-0.4, -0.2) is 5.54 Å². The molecule has 1 unspecified atom stereocenters. The molecule has 1 aromatic rings. The zero-order chi connectivity index (χ0) is 17.8. The highest BCUT2D eigenvalue weighted by molar-refractivity contribution is 5.85. The van der Waals surface area contributed by atoms with Gasteiger partial charge in [-0.3, -0.25) is 0 Å². The summed E-state index contributed by atoms with van der Waals surface area (Å²) in [5.74, 6) is 0.548. The highest BCUT2D eigenvalue weighted by Crippen LogP contribution is 2.26. The maximum Gasteiger partial charge on any atom is 0.0129 e. The van der Waals surface area contributed by atoms with Crippen molar-refractivity contribution in [2.45, 2.75) is 90.5 Å². The number of hydrogen-bond acceptors (Lipinski definition) is 1. The Bertz CT molecular complexity index is 444. The minimum absolute atomic E-state index is 0. The molecular weight excluding hydrogens is 326 g/mol. The van der Waals surface area contributed by atoms with Crippen molar-refractivity contribution in [3.8, 4) is 0 Å². The van der Waals surface area contributed by atoms with Crippen LogP contribution in [0.15, 0.2) is 30.8 Å². The first kappa shape index (κ1) is 24.2. The highest BCUT2D eigenvalue weighted by Gasteiger charge is 2.24. The Labute approximate surface area is 162 Å². The Hall–Kier alpha value is -0.790. The summed E-state index contributed by atoms with van der Waals surface area (Å²) >= 11 is 0. The summed E-state index contributed by atoms with van der Waals surface area (Å²) in [5.41, 5.74) is 8.93. The normalized spacial score (nSPS) is 12.5. The van der Waals surface area contributed by atoms with Crippen molar-refractivity contribution in [1.29, 1.82) is 0 Å². The molecular formula is C23H40ClN. The van der Waals surface area contributed by atoms with Crippen LogP contribution in [0.2, 0.25) is 0 Å². The van der Waals surface area contributed by atoms with Gasteiger partial charge in [-0.25, -0.2) is 0 Å². The van der Waals surface area contributed by atoms with Crippen molar-refractivity contribution in [3.63, 3.8) is 0 Å². The van der Waals surface area contributed by atoms with Gasteiger partial charge in [0.25, 0.3) is 0 Å². The van der Waals surface area contributed by atoms with E-state index in [0.717, 1.165) is 6.42 Å². The predicted molar refractivity (Wildman–Crippen MR) is 116 cm³/mol. The van der Waals surface area contributed by atoms with E-state index < -0.39 is 0 Å². The van der Waals surface area contributed by atoms with E-state index in [0.29, 0.717) is 5.92 Å². The molecule has 0 saturated carbocycles. The number of nitrogens with two attached hydrogens (primary N) is 1. The molecule has 0 spiro atoms. The molecule has 0 aromatic heterocycles. The molecule has 1 atom stereocenters. The van der Waals surface area contributed by atoms with Gasteiger partial charge in [-0.05, 0) is 43.7 Å². The lowest BCUT2D eigenvalue weighted by Crippen LogP contribution is -2.42. The molecule has 0 heterocycles. The average molecular weight is 366 g/mol. The quantitative estimate of drug-likeness (QED) is 0.368. The highest BCUT2D eigenvalue weighted by atomic mass is 35.5. The van der Waals surface area contributed by atoms with Gasteiger partial charge in [-0.2, -0.15) is 0 Å². The molecule has 0 radical (unpaired) electrons. The lowest BCUT2D eigenvalue weighted by molar-refractivity contribution is 0.290. The zero-order valence-corrected chi connectivity index (χ0v) is 17.5. The topological polar surface area (TPSA) is 26.0 Å². The third-order valence-corrected chi connectivity index (χ3v) is 5.16. The molecule has 144 valence electrons. The third kappa shape index (κ3) is 10.7. The number of halogens is 1. The van der Waals surface area contributed by atoms with Gasteiger partial charge in [0.15, 0.2) is 0 Å². The van der Waals surface area contributed by atoms with Crippen LogP contribution in [0.3, 0.4) is 0 Å². The SMILES string of the molecule is C=Cc1ccc(CC(CCCCCCCCCC)C(C)(C)N)cc1.Cl. The van der Waals surface area contributed by atoms with Crippen LogP contribution >= 0.6 is 12.4 Å². The van der Waals surface area contributed by atoms with Gasteiger partial charge >= 0.3 is 0 Å². The van der Waals surface area contributed by atoms with E-state index in [1.807, 2.05) is 6.08 Å². The minimum Gasteiger partial charge on any atom is -0.325 e. The predicted octanol–water partition coefficient (Wildman–Crippen LogP) is 7.18. The lowest BCUT2D eigenvalue weighted by Gasteiger charge is -2.31. The van der Waals surface area contributed by atoms with Crippen LogP contribution in [0.1, 0.15) is 89.7 Å². The van der Waals surface area contributed by atoms with Gasteiger partial charge in [-0.15, -0.1) is 12.4 Å². The largest absolute Gasteiger partial charge is 0.325 e. The minimum atomic E-state index is -0.113. The van der Waals surface area contributed by atoms with Crippen molar-refractivity contribution in [1.82, 2.24) is 0 Å². The van der Waals surface area contributed by atoms with Crippen LogP contribution in [-0.2, 0) is 6.42 Å². The smallest absolute Gasteiger partial charge is 0.0129 e. The molecule has 0 aliphatic rings. The van der Waals surface area contributed by atoms with Gasteiger partial charge in [0, 0.05) is 5.54 Å². The van der Waals surface area contributed by atoms with E-state index in [-0.39, 0.29) is 17.9 Å². The number of unbranched alkanes of at least 4 members (excludes halogenated alkanes) is 7. The molecule has 0 saturated heterocycles. The summed E-state index contributed by atoms with van der Waals surface area (Å²) in [5, 5.41) is 0. The van der Waals surface area contributed by atoms with E-state index in [2.05, 4.69) is 51.6 Å². The maximum absolute atomic E-state index is 6.46. The molecule has 0 bridgehead atoms. The van der Waals surface area contributed by atoms with E-state index in [9.17, 15) is 0 Å². The molecule has 2 N–H and O–H groups in total. The average Bonchev–Trinajstić information content (AvgIpc) is 2.55. The first-order chi connectivity index (χ1) is 11.5. The number of benzene rings is 1. The lowest BCUT2D eigenvalue weighted by atomic mass is 9.80. The fourth-order valence-electron chi connectivity index (χ4n) is 3.34. The van der Waals surface area contributed by atoms with Crippen LogP contribution in [0.25, 0.3) is 6.08 Å². The van der Waals surface area contributed by atoms with Gasteiger partial charge in [0.05, 0.1) is 0 Å². The Morgan fingerprint density at radius 2 is 1.48 bits per heavy atom. The van der Waals surface area contributed by atoms with E-state index in [4.69, 9.17) is 5.73 Å². The van der Waals surface area contributed by atoms with Gasteiger partial charge in [0.1, 0.15) is 0 Å². The van der Waals surface area contributed by atoms with Crippen LogP contribution in [0.5, 0.6) is 0 Å². The Kier molecular flexibility index (Phi) is 13.0. The summed E-state index contributed by atoms with van der Waals surface area (Å²) in [6, 6.07) is 8.76. The van der Waals surface area contributed by atoms with Crippen molar-refractivity contribution < 1.29 is 0 Å². The van der Waals surface area contributed by atoms with E-state index in [1.54, 1.807) is 0 Å². The fraction of sp³-hybridized carbons (Fsp3) is 0.652. The second-order valence-corrected chi connectivity index (χ2v) is 7.93. The monoisotopic (exact) mass is 365 g/mol. The summed E-state index contributed by atoms with van der Waals surface area (Å²) in [6.45, 7) is 10.5. The van der Waals surface area contributed by atoms with Gasteiger partial charge in [-0.1, -0.05) is 95.2 Å². The first-order valence-corrected chi connectivity index (χ1v) is 9.97. The Morgan fingerprint density at radius 1 is 0.960 bits per heavy atom. The van der Waals surface area contributed by atoms with Crippen LogP contribution < -0.4 is 5.73 Å². The summed E-state index contributed by atoms with van der Waals surface area (Å²) in [7, 11) is 0. The van der Waals surface area contributed by atoms with Crippen molar-refractivity contribution in [3.05, 3.63) is 42.0 Å². The molecule has 1 nitrogen and oxygen atoms in total. The van der Waals surface area contributed by atoms with E-state index >= 15 is 0 Å². The molecule has 2 heteroatoms. The van der Waals surface area contributed by atoms with Crippen LogP contribution in [0, 0.1) is 5.92 Å². The summed E-state index contributed by atoms with van der Waals surface area (Å²) in [6.07, 6.45) is 15.2. The molecule has 25 heavy (non-hydrogen) atoms. The van der Waals surface area contributed by atoms with Gasteiger partial charge < -0.3 is 5.73 Å². The molecule has 1 aromatic carbocycles. The first-order valence-electron chi connectivity index (χ1n) is 9.97. The second-order valence-electron chi connectivity index (χ2n) is 7.93. The second kappa shape index (κ2) is 13.4. The van der Waals surface area contributed by atoms with Crippen molar-refractivity contribution in [2.75, 3.05) is 0 Å². The molecule has 0 amide bonds. The molecule has 0 aliphatic heterocycles. The number of hydrogen-bond donors (Lipinski definition) is 1. The molecule has 0 aliphatic carbocycles. The Balaban J connectivity index is 0.00000576. The fourth-order valence-corrected chi connectivity index (χ4v) is 3.34. The van der Waals surface area contributed by atoms with Crippen molar-refractivity contribution in [2.24, 2.45) is 11.7 Å². The zero-order valence-electron chi connectivity index (χ0n) is 16.7. The standard InChI is InChI=1S/C23H39N.ClH/c1-5-7-8-9-10-11-12-13-14-22(23(3,4)24)19-21-17-15-20(6-2)16-18-21;/h6,15-18,22H,2,5,7-14,19,24H2,1,3-4H3;1H. The van der Waals surface area contributed by atoms with Crippen LogP contribution in [0.4, 0.5) is 0 Å². The maximum atomic E-state index is 6.46. The van der Waals surface area contributed by atoms with E-state index in [1.165, 1.54) is 68.9 Å². The van der Waals surface area contributed by atoms with Gasteiger partial charge in [0.2, 0.25) is 0 Å². The summed E-state index contributed by atoms with van der Waals surface area (Å²) in [4.78, 5) is 0. The third-order valence-electron chi connectivity index (χ3n) is 5.16. The molecule has 1 rings (SSSR count). The molecule has 0 fully saturated rings. The number of rotatable bonds is 13. The van der Waals surface area contributed by atoms with Crippen molar-refractivity contribution >= 4 is 18.5 Å². The Morgan fingerprint density at radius 3 is 1.96 bits per heavy atom.